The highest BCUT2D eigenvalue weighted by atomic mass is 79.9. The highest BCUT2D eigenvalue weighted by Gasteiger charge is 2.09. The molecule has 0 aliphatic carbocycles. The second kappa shape index (κ2) is 6.90. The van der Waals surface area contributed by atoms with Crippen molar-refractivity contribution in [2.24, 2.45) is 0 Å². The van der Waals surface area contributed by atoms with Gasteiger partial charge in [-0.25, -0.2) is 9.97 Å². The first-order valence-corrected chi connectivity index (χ1v) is 7.72. The summed E-state index contributed by atoms with van der Waals surface area (Å²) >= 11 is 3.43. The third-order valence-electron chi connectivity index (χ3n) is 2.44. The second-order valence-corrected chi connectivity index (χ2v) is 6.25. The van der Waals surface area contributed by atoms with Crippen LogP contribution in [0.1, 0.15) is 13.3 Å². The molecular weight excluding hydrogens is 304 g/mol. The summed E-state index contributed by atoms with van der Waals surface area (Å²) in [5, 5.41) is 6.35. The third kappa shape index (κ3) is 4.23. The van der Waals surface area contributed by atoms with Crippen LogP contribution in [0.25, 0.3) is 0 Å². The number of aromatic nitrogens is 2. The van der Waals surface area contributed by atoms with Crippen LogP contribution in [0.4, 0.5) is 11.6 Å². The molecule has 0 bridgehead atoms. The predicted octanol–water partition coefficient (Wildman–Crippen LogP) is 1.85. The summed E-state index contributed by atoms with van der Waals surface area (Å²) in [5.74, 6) is 1.49. The van der Waals surface area contributed by atoms with E-state index >= 15 is 0 Å². The van der Waals surface area contributed by atoms with Crippen LogP contribution < -0.4 is 10.6 Å². The maximum atomic E-state index is 11.2. The Labute approximate surface area is 112 Å². The van der Waals surface area contributed by atoms with Gasteiger partial charge in [0.05, 0.1) is 0 Å². The van der Waals surface area contributed by atoms with Crippen LogP contribution >= 0.6 is 15.9 Å². The lowest BCUT2D eigenvalue weighted by Gasteiger charge is -2.11. The standard InChI is InChI=1S/C10H17BrN4OS/c1-7(17(3)16)4-5-13-10-8(11)9(12-2)14-6-15-10/h6-7H,4-5H2,1-3H3,(H2,12,13,14,15). The summed E-state index contributed by atoms with van der Waals surface area (Å²) in [7, 11) is 1.03. The minimum atomic E-state index is -0.776. The molecule has 0 aromatic carbocycles. The second-order valence-electron chi connectivity index (χ2n) is 3.66. The van der Waals surface area contributed by atoms with Gasteiger partial charge in [0.15, 0.2) is 0 Å². The zero-order valence-corrected chi connectivity index (χ0v) is 12.6. The SMILES string of the molecule is CNc1ncnc(NCCC(C)S(C)=O)c1Br. The lowest BCUT2D eigenvalue weighted by Crippen LogP contribution is -2.15. The molecule has 1 rings (SSSR count). The van der Waals surface area contributed by atoms with E-state index in [4.69, 9.17) is 0 Å². The van der Waals surface area contributed by atoms with Crippen LogP contribution in [0, 0.1) is 0 Å². The van der Waals surface area contributed by atoms with Crippen LogP contribution in [0.5, 0.6) is 0 Å². The number of rotatable bonds is 6. The fourth-order valence-electron chi connectivity index (χ4n) is 1.23. The number of halogens is 1. The Morgan fingerprint density at radius 3 is 2.71 bits per heavy atom. The molecule has 2 unspecified atom stereocenters. The van der Waals surface area contributed by atoms with Crippen molar-refractivity contribution in [2.45, 2.75) is 18.6 Å². The van der Waals surface area contributed by atoms with E-state index in [9.17, 15) is 4.21 Å². The monoisotopic (exact) mass is 320 g/mol. The van der Waals surface area contributed by atoms with E-state index in [0.29, 0.717) is 0 Å². The van der Waals surface area contributed by atoms with Crippen molar-refractivity contribution in [2.75, 3.05) is 30.5 Å². The van der Waals surface area contributed by atoms with E-state index in [1.54, 1.807) is 13.3 Å². The van der Waals surface area contributed by atoms with Gasteiger partial charge in [-0.05, 0) is 22.4 Å². The van der Waals surface area contributed by atoms with Gasteiger partial charge in [-0.3, -0.25) is 4.21 Å². The largest absolute Gasteiger partial charge is 0.372 e. The number of nitrogens with one attached hydrogen (secondary N) is 2. The van der Waals surface area contributed by atoms with Crippen molar-refractivity contribution < 1.29 is 4.21 Å². The highest BCUT2D eigenvalue weighted by Crippen LogP contribution is 2.25. The van der Waals surface area contributed by atoms with E-state index in [2.05, 4.69) is 36.5 Å². The lowest BCUT2D eigenvalue weighted by atomic mass is 10.3. The highest BCUT2D eigenvalue weighted by molar-refractivity contribution is 9.10. The van der Waals surface area contributed by atoms with E-state index < -0.39 is 10.8 Å². The summed E-state index contributed by atoms with van der Waals surface area (Å²) in [6.45, 7) is 2.71. The number of nitrogens with zero attached hydrogens (tertiary/aromatic N) is 2. The Morgan fingerprint density at radius 1 is 1.47 bits per heavy atom. The van der Waals surface area contributed by atoms with Crippen LogP contribution in [0.15, 0.2) is 10.8 Å². The minimum absolute atomic E-state index is 0.187. The Hall–Kier alpha value is -0.690. The van der Waals surface area contributed by atoms with Gasteiger partial charge < -0.3 is 10.6 Å². The maximum absolute atomic E-state index is 11.2. The topological polar surface area (TPSA) is 66.9 Å². The average Bonchev–Trinajstić information content (AvgIpc) is 2.31. The Balaban J connectivity index is 2.55. The molecule has 0 spiro atoms. The van der Waals surface area contributed by atoms with E-state index in [-0.39, 0.29) is 5.25 Å². The molecule has 2 N–H and O–H groups in total. The molecule has 0 radical (unpaired) electrons. The summed E-state index contributed by atoms with van der Waals surface area (Å²) in [5.41, 5.74) is 0. The van der Waals surface area contributed by atoms with E-state index in [0.717, 1.165) is 29.1 Å². The molecule has 1 aromatic rings. The number of hydrogen-bond donors (Lipinski definition) is 2. The van der Waals surface area contributed by atoms with Gasteiger partial charge in [0.25, 0.3) is 0 Å². The van der Waals surface area contributed by atoms with Crippen LogP contribution in [0.2, 0.25) is 0 Å². The molecule has 0 aliphatic rings. The van der Waals surface area contributed by atoms with Crippen molar-refractivity contribution in [1.82, 2.24) is 9.97 Å². The summed E-state index contributed by atoms with van der Waals surface area (Å²) in [6, 6.07) is 0. The summed E-state index contributed by atoms with van der Waals surface area (Å²) < 4.78 is 12.0. The first-order chi connectivity index (χ1) is 8.06. The predicted molar refractivity (Wildman–Crippen MR) is 75.9 cm³/mol. The van der Waals surface area contributed by atoms with Crippen molar-refractivity contribution in [3.63, 3.8) is 0 Å². The van der Waals surface area contributed by atoms with Crippen molar-refractivity contribution >= 4 is 38.4 Å². The fraction of sp³-hybridized carbons (Fsp3) is 0.600. The van der Waals surface area contributed by atoms with E-state index in [1.165, 1.54) is 6.33 Å². The average molecular weight is 321 g/mol. The quantitative estimate of drug-likeness (QED) is 0.837. The molecule has 5 nitrogen and oxygen atoms in total. The van der Waals surface area contributed by atoms with Gasteiger partial charge in [-0.2, -0.15) is 0 Å². The molecule has 1 heterocycles. The molecule has 2 atom stereocenters. The van der Waals surface area contributed by atoms with Crippen LogP contribution in [-0.2, 0) is 10.8 Å². The minimum Gasteiger partial charge on any atom is -0.372 e. The first kappa shape index (κ1) is 14.4. The molecule has 17 heavy (non-hydrogen) atoms. The lowest BCUT2D eigenvalue weighted by molar-refractivity contribution is 0.672. The first-order valence-electron chi connectivity index (χ1n) is 5.30. The Morgan fingerprint density at radius 2 is 2.12 bits per heavy atom. The smallest absolute Gasteiger partial charge is 0.145 e. The summed E-state index contributed by atoms with van der Waals surface area (Å²) in [4.78, 5) is 8.21. The van der Waals surface area contributed by atoms with E-state index in [1.807, 2.05) is 6.92 Å². The van der Waals surface area contributed by atoms with Crippen molar-refractivity contribution in [3.8, 4) is 0 Å². The van der Waals surface area contributed by atoms with Crippen LogP contribution in [0.3, 0.4) is 0 Å². The van der Waals surface area contributed by atoms with Gasteiger partial charge >= 0.3 is 0 Å². The molecule has 0 saturated carbocycles. The molecule has 96 valence electrons. The fourth-order valence-corrected chi connectivity index (χ4v) is 2.22. The zero-order chi connectivity index (χ0) is 12.8. The molecule has 0 fully saturated rings. The molecule has 0 aliphatic heterocycles. The molecule has 0 amide bonds. The van der Waals surface area contributed by atoms with Gasteiger partial charge in [-0.15, -0.1) is 0 Å². The van der Waals surface area contributed by atoms with Crippen LogP contribution in [-0.4, -0.2) is 39.3 Å². The van der Waals surface area contributed by atoms with Gasteiger partial charge in [0.2, 0.25) is 0 Å². The molecular formula is C10H17BrN4OS. The number of anilines is 2. The Kier molecular flexibility index (Phi) is 5.84. The Bertz CT molecular complexity index is 402. The molecule has 1 aromatic heterocycles. The maximum Gasteiger partial charge on any atom is 0.145 e. The summed E-state index contributed by atoms with van der Waals surface area (Å²) in [6.07, 6.45) is 4.07. The van der Waals surface area contributed by atoms with Crippen molar-refractivity contribution in [3.05, 3.63) is 10.8 Å². The molecule has 7 heteroatoms. The normalized spacial score (nSPS) is 14.1. The molecule has 0 saturated heterocycles. The van der Waals surface area contributed by atoms with Gasteiger partial charge in [0.1, 0.15) is 22.4 Å². The number of hydrogen-bond acceptors (Lipinski definition) is 5. The third-order valence-corrected chi connectivity index (χ3v) is 4.56. The zero-order valence-electron chi connectivity index (χ0n) is 10.2. The van der Waals surface area contributed by atoms with Gasteiger partial charge in [0, 0.05) is 35.9 Å². The van der Waals surface area contributed by atoms with Crippen molar-refractivity contribution in [1.29, 1.82) is 0 Å². The van der Waals surface area contributed by atoms with Gasteiger partial charge in [-0.1, -0.05) is 6.92 Å².